The van der Waals surface area contributed by atoms with Crippen LogP contribution in [0.4, 0.5) is 0 Å². The lowest BCUT2D eigenvalue weighted by molar-refractivity contribution is -0.118. The number of sulfone groups is 1. The Hall–Kier alpha value is -1.11. The molecule has 1 aliphatic heterocycles. The van der Waals surface area contributed by atoms with E-state index < -0.39 is 21.5 Å². The van der Waals surface area contributed by atoms with Crippen LogP contribution in [-0.4, -0.2) is 50.4 Å². The van der Waals surface area contributed by atoms with Gasteiger partial charge in [0.25, 0.3) is 0 Å². The quantitative estimate of drug-likeness (QED) is 0.612. The van der Waals surface area contributed by atoms with Gasteiger partial charge >= 0.3 is 0 Å². The SMILES string of the molecule is CCCCCS(=O)(=O)CC(=O)NCC(c1cccc(Cl)c1)N1CCCC1. The number of benzene rings is 1. The average molecular weight is 401 g/mol. The Bertz CT molecular complexity index is 688. The topological polar surface area (TPSA) is 66.5 Å². The van der Waals surface area contributed by atoms with E-state index in [9.17, 15) is 13.2 Å². The molecule has 7 heteroatoms. The Morgan fingerprint density at radius 3 is 2.65 bits per heavy atom. The van der Waals surface area contributed by atoms with Crippen molar-refractivity contribution in [1.82, 2.24) is 10.2 Å². The summed E-state index contributed by atoms with van der Waals surface area (Å²) < 4.78 is 24.1. The first-order chi connectivity index (χ1) is 12.4. The van der Waals surface area contributed by atoms with E-state index in [-0.39, 0.29) is 11.8 Å². The van der Waals surface area contributed by atoms with E-state index in [0.29, 0.717) is 18.0 Å². The van der Waals surface area contributed by atoms with Crippen molar-refractivity contribution in [2.75, 3.05) is 31.1 Å². The van der Waals surface area contributed by atoms with Gasteiger partial charge in [0.15, 0.2) is 9.84 Å². The van der Waals surface area contributed by atoms with Crippen LogP contribution in [0.3, 0.4) is 0 Å². The zero-order chi connectivity index (χ0) is 19.0. The third kappa shape index (κ3) is 6.89. The zero-order valence-electron chi connectivity index (χ0n) is 15.4. The standard InChI is InChI=1S/C19H29ClN2O3S/c1-2-3-6-12-26(24,25)15-19(23)21-14-18(22-10-4-5-11-22)16-8-7-9-17(20)13-16/h7-9,13,18H,2-6,10-12,14-15H2,1H3,(H,21,23). The minimum atomic E-state index is -3.34. The summed E-state index contributed by atoms with van der Waals surface area (Å²) in [5.74, 6) is -0.774. The Morgan fingerprint density at radius 2 is 2.00 bits per heavy atom. The van der Waals surface area contributed by atoms with Crippen LogP contribution in [0.5, 0.6) is 0 Å². The van der Waals surface area contributed by atoms with E-state index in [4.69, 9.17) is 11.6 Å². The second kappa shape index (κ2) is 10.3. The van der Waals surface area contributed by atoms with Gasteiger partial charge in [-0.1, -0.05) is 43.5 Å². The molecule has 1 amide bonds. The Labute approximate surface area is 162 Å². The molecule has 0 bridgehead atoms. The van der Waals surface area contributed by atoms with Crippen LogP contribution in [0.2, 0.25) is 5.02 Å². The molecule has 0 radical (unpaired) electrons. The number of unbranched alkanes of at least 4 members (excludes halogenated alkanes) is 2. The molecular formula is C19H29ClN2O3S. The summed E-state index contributed by atoms with van der Waals surface area (Å²) in [5.41, 5.74) is 1.05. The molecule has 1 heterocycles. The number of hydrogen-bond acceptors (Lipinski definition) is 4. The van der Waals surface area contributed by atoms with Crippen LogP contribution in [-0.2, 0) is 14.6 Å². The van der Waals surface area contributed by atoms with Gasteiger partial charge in [0.2, 0.25) is 5.91 Å². The molecule has 1 atom stereocenters. The highest BCUT2D eigenvalue weighted by Gasteiger charge is 2.25. The smallest absolute Gasteiger partial charge is 0.235 e. The van der Waals surface area contributed by atoms with Crippen molar-refractivity contribution >= 4 is 27.3 Å². The summed E-state index contributed by atoms with van der Waals surface area (Å²) >= 11 is 6.12. The number of hydrogen-bond donors (Lipinski definition) is 1. The van der Waals surface area contributed by atoms with Crippen molar-refractivity contribution < 1.29 is 13.2 Å². The molecule has 1 saturated heterocycles. The van der Waals surface area contributed by atoms with Crippen molar-refractivity contribution in [2.24, 2.45) is 0 Å². The largest absolute Gasteiger partial charge is 0.353 e. The van der Waals surface area contributed by atoms with Crippen LogP contribution >= 0.6 is 11.6 Å². The predicted molar refractivity (Wildman–Crippen MR) is 106 cm³/mol. The van der Waals surface area contributed by atoms with Gasteiger partial charge in [-0.2, -0.15) is 0 Å². The molecule has 146 valence electrons. The fourth-order valence-corrected chi connectivity index (χ4v) is 4.82. The molecule has 2 rings (SSSR count). The fourth-order valence-electron chi connectivity index (χ4n) is 3.33. The number of rotatable bonds is 10. The van der Waals surface area contributed by atoms with E-state index in [1.54, 1.807) is 0 Å². The molecular weight excluding hydrogens is 372 g/mol. The van der Waals surface area contributed by atoms with Crippen molar-refractivity contribution in [1.29, 1.82) is 0 Å². The first-order valence-electron chi connectivity index (χ1n) is 9.38. The van der Waals surface area contributed by atoms with Crippen LogP contribution in [0.25, 0.3) is 0 Å². The van der Waals surface area contributed by atoms with Crippen molar-refractivity contribution in [3.63, 3.8) is 0 Å². The second-order valence-electron chi connectivity index (χ2n) is 6.92. The van der Waals surface area contributed by atoms with E-state index in [2.05, 4.69) is 10.2 Å². The number of halogens is 1. The van der Waals surface area contributed by atoms with Crippen LogP contribution in [0.1, 0.15) is 50.6 Å². The van der Waals surface area contributed by atoms with E-state index in [0.717, 1.165) is 44.3 Å². The predicted octanol–water partition coefficient (Wildman–Crippen LogP) is 3.20. The van der Waals surface area contributed by atoms with Gasteiger partial charge in [0.05, 0.1) is 11.8 Å². The highest BCUT2D eigenvalue weighted by molar-refractivity contribution is 7.92. The van der Waals surface area contributed by atoms with Crippen LogP contribution in [0, 0.1) is 0 Å². The second-order valence-corrected chi connectivity index (χ2v) is 9.54. The summed E-state index contributed by atoms with van der Waals surface area (Å²) in [6.07, 6.45) is 4.71. The molecule has 1 aromatic rings. The summed E-state index contributed by atoms with van der Waals surface area (Å²) in [6.45, 7) is 4.36. The maximum atomic E-state index is 12.2. The first kappa shape index (κ1) is 21.2. The highest BCUT2D eigenvalue weighted by atomic mass is 35.5. The van der Waals surface area contributed by atoms with Crippen molar-refractivity contribution in [2.45, 2.75) is 45.1 Å². The van der Waals surface area contributed by atoms with Crippen LogP contribution < -0.4 is 5.32 Å². The van der Waals surface area contributed by atoms with E-state index in [1.165, 1.54) is 0 Å². The summed E-state index contributed by atoms with van der Waals surface area (Å²) in [6, 6.07) is 7.66. The Balaban J connectivity index is 1.95. The summed E-state index contributed by atoms with van der Waals surface area (Å²) in [7, 11) is -3.34. The third-order valence-electron chi connectivity index (χ3n) is 4.72. The lowest BCUT2D eigenvalue weighted by Crippen LogP contribution is -2.39. The summed E-state index contributed by atoms with van der Waals surface area (Å²) in [5, 5.41) is 3.48. The van der Waals surface area contributed by atoms with Crippen molar-refractivity contribution in [3.8, 4) is 0 Å². The molecule has 0 saturated carbocycles. The minimum absolute atomic E-state index is 0.0166. The molecule has 1 fully saturated rings. The Kier molecular flexibility index (Phi) is 8.38. The monoisotopic (exact) mass is 400 g/mol. The number of amides is 1. The maximum absolute atomic E-state index is 12.2. The van der Waals surface area contributed by atoms with Gasteiger partial charge in [0, 0.05) is 11.6 Å². The van der Waals surface area contributed by atoms with Gasteiger partial charge in [-0.15, -0.1) is 0 Å². The highest BCUT2D eigenvalue weighted by Crippen LogP contribution is 2.26. The lowest BCUT2D eigenvalue weighted by atomic mass is 10.1. The number of carbonyl (C=O) groups is 1. The molecule has 0 aliphatic carbocycles. The average Bonchev–Trinajstić information content (AvgIpc) is 3.09. The van der Waals surface area contributed by atoms with Gasteiger partial charge in [-0.25, -0.2) is 8.42 Å². The lowest BCUT2D eigenvalue weighted by Gasteiger charge is -2.28. The minimum Gasteiger partial charge on any atom is -0.353 e. The van der Waals surface area contributed by atoms with Gasteiger partial charge < -0.3 is 5.32 Å². The number of nitrogens with one attached hydrogen (secondary N) is 1. The van der Waals surface area contributed by atoms with Gasteiger partial charge in [0.1, 0.15) is 5.75 Å². The summed E-state index contributed by atoms with van der Waals surface area (Å²) in [4.78, 5) is 14.5. The number of carbonyl (C=O) groups excluding carboxylic acids is 1. The number of likely N-dealkylation sites (tertiary alicyclic amines) is 1. The first-order valence-corrected chi connectivity index (χ1v) is 11.6. The maximum Gasteiger partial charge on any atom is 0.235 e. The third-order valence-corrected chi connectivity index (χ3v) is 6.57. The molecule has 0 spiro atoms. The Morgan fingerprint density at radius 1 is 1.27 bits per heavy atom. The van der Waals surface area contributed by atoms with Gasteiger partial charge in [-0.05, 0) is 50.0 Å². The van der Waals surface area contributed by atoms with Gasteiger partial charge in [-0.3, -0.25) is 9.69 Å². The number of nitrogens with zero attached hydrogens (tertiary/aromatic N) is 1. The molecule has 1 aliphatic rings. The molecule has 26 heavy (non-hydrogen) atoms. The van der Waals surface area contributed by atoms with E-state index in [1.807, 2.05) is 31.2 Å². The fraction of sp³-hybridized carbons (Fsp3) is 0.632. The van der Waals surface area contributed by atoms with Crippen LogP contribution in [0.15, 0.2) is 24.3 Å². The molecule has 1 unspecified atom stereocenters. The normalized spacial score (nSPS) is 16.5. The zero-order valence-corrected chi connectivity index (χ0v) is 17.0. The molecule has 5 nitrogen and oxygen atoms in total. The molecule has 1 aromatic carbocycles. The molecule has 0 aromatic heterocycles. The molecule has 1 N–H and O–H groups in total. The van der Waals surface area contributed by atoms with E-state index >= 15 is 0 Å². The van der Waals surface area contributed by atoms with Crippen molar-refractivity contribution in [3.05, 3.63) is 34.9 Å².